The molecular formula is C11H17N3. The van der Waals surface area contributed by atoms with Crippen LogP contribution in [0.1, 0.15) is 18.9 Å². The molecule has 1 aromatic heterocycles. The van der Waals surface area contributed by atoms with Gasteiger partial charge in [-0.25, -0.2) is 0 Å². The minimum absolute atomic E-state index is 0.354. The van der Waals surface area contributed by atoms with E-state index in [1.165, 1.54) is 5.56 Å². The van der Waals surface area contributed by atoms with Crippen LogP contribution in [0.15, 0.2) is 24.5 Å². The van der Waals surface area contributed by atoms with Crippen molar-refractivity contribution >= 4 is 0 Å². The molecule has 2 unspecified atom stereocenters. The number of hydrogen-bond donors (Lipinski definition) is 1. The molecule has 0 radical (unpaired) electrons. The summed E-state index contributed by atoms with van der Waals surface area (Å²) in [6.45, 7) is 4.26. The van der Waals surface area contributed by atoms with Crippen molar-refractivity contribution < 1.29 is 0 Å². The van der Waals surface area contributed by atoms with Crippen LogP contribution in [0, 0.1) is 0 Å². The van der Waals surface area contributed by atoms with Crippen molar-refractivity contribution in [2.24, 2.45) is 5.73 Å². The molecule has 0 amide bonds. The molecule has 1 aliphatic heterocycles. The molecule has 0 saturated carbocycles. The van der Waals surface area contributed by atoms with Crippen LogP contribution in [0.25, 0.3) is 0 Å². The molecular weight excluding hydrogens is 174 g/mol. The van der Waals surface area contributed by atoms with Gasteiger partial charge < -0.3 is 5.73 Å². The minimum Gasteiger partial charge on any atom is -0.326 e. The van der Waals surface area contributed by atoms with E-state index in [0.717, 1.165) is 19.5 Å². The van der Waals surface area contributed by atoms with Gasteiger partial charge in [-0.1, -0.05) is 0 Å². The Morgan fingerprint density at radius 2 is 2.21 bits per heavy atom. The molecule has 0 aromatic carbocycles. The maximum Gasteiger partial charge on any atom is 0.0271 e. The number of nitrogens with zero attached hydrogens (tertiary/aromatic N) is 2. The lowest BCUT2D eigenvalue weighted by Crippen LogP contribution is -2.28. The molecule has 2 rings (SSSR count). The molecule has 14 heavy (non-hydrogen) atoms. The minimum atomic E-state index is 0.354. The largest absolute Gasteiger partial charge is 0.326 e. The summed E-state index contributed by atoms with van der Waals surface area (Å²) in [7, 11) is 0. The van der Waals surface area contributed by atoms with Crippen LogP contribution in [-0.2, 0) is 6.54 Å². The highest BCUT2D eigenvalue weighted by Gasteiger charge is 2.25. The van der Waals surface area contributed by atoms with Gasteiger partial charge in [0.2, 0.25) is 0 Å². The molecule has 1 aromatic rings. The fourth-order valence-corrected chi connectivity index (χ4v) is 2.09. The highest BCUT2D eigenvalue weighted by molar-refractivity contribution is 5.10. The van der Waals surface area contributed by atoms with Crippen LogP contribution < -0.4 is 5.73 Å². The first-order valence-electron chi connectivity index (χ1n) is 5.14. The topological polar surface area (TPSA) is 42.1 Å². The first-order valence-corrected chi connectivity index (χ1v) is 5.14. The van der Waals surface area contributed by atoms with Crippen LogP contribution >= 0.6 is 0 Å². The fourth-order valence-electron chi connectivity index (χ4n) is 2.09. The van der Waals surface area contributed by atoms with E-state index in [4.69, 9.17) is 5.73 Å². The molecule has 0 aliphatic carbocycles. The third-order valence-electron chi connectivity index (χ3n) is 2.87. The van der Waals surface area contributed by atoms with Crippen LogP contribution in [0.2, 0.25) is 0 Å². The monoisotopic (exact) mass is 191 g/mol. The number of rotatable bonds is 2. The van der Waals surface area contributed by atoms with E-state index in [1.54, 1.807) is 0 Å². The van der Waals surface area contributed by atoms with Crippen molar-refractivity contribution in [3.63, 3.8) is 0 Å². The number of nitrogens with two attached hydrogens (primary N) is 1. The summed E-state index contributed by atoms with van der Waals surface area (Å²) in [5.41, 5.74) is 7.24. The van der Waals surface area contributed by atoms with Gasteiger partial charge in [-0.2, -0.15) is 0 Å². The van der Waals surface area contributed by atoms with E-state index < -0.39 is 0 Å². The van der Waals surface area contributed by atoms with Crippen LogP contribution in [0.5, 0.6) is 0 Å². The van der Waals surface area contributed by atoms with Gasteiger partial charge in [0.1, 0.15) is 0 Å². The molecule has 1 fully saturated rings. The predicted octanol–water partition coefficient (Wildman–Crippen LogP) is 1.00. The predicted molar refractivity (Wildman–Crippen MR) is 56.7 cm³/mol. The van der Waals surface area contributed by atoms with E-state index >= 15 is 0 Å². The zero-order valence-corrected chi connectivity index (χ0v) is 8.56. The fraction of sp³-hybridized carbons (Fsp3) is 0.545. The molecule has 2 heterocycles. The molecule has 3 nitrogen and oxygen atoms in total. The maximum absolute atomic E-state index is 5.92. The smallest absolute Gasteiger partial charge is 0.0271 e. The third-order valence-corrected chi connectivity index (χ3v) is 2.87. The lowest BCUT2D eigenvalue weighted by molar-refractivity contribution is 0.259. The average Bonchev–Trinajstić information content (AvgIpc) is 2.47. The molecule has 1 aliphatic rings. The normalized spacial score (nSPS) is 28.1. The summed E-state index contributed by atoms with van der Waals surface area (Å²) in [6, 6.07) is 5.10. The molecule has 0 bridgehead atoms. The van der Waals surface area contributed by atoms with E-state index in [-0.39, 0.29) is 0 Å². The summed E-state index contributed by atoms with van der Waals surface area (Å²) in [4.78, 5) is 6.44. The summed E-state index contributed by atoms with van der Waals surface area (Å²) >= 11 is 0. The summed E-state index contributed by atoms with van der Waals surface area (Å²) in [6.07, 6.45) is 4.80. The average molecular weight is 191 g/mol. The van der Waals surface area contributed by atoms with Gasteiger partial charge in [-0.3, -0.25) is 9.88 Å². The summed E-state index contributed by atoms with van der Waals surface area (Å²) < 4.78 is 0. The summed E-state index contributed by atoms with van der Waals surface area (Å²) in [5, 5.41) is 0. The first-order chi connectivity index (χ1) is 6.75. The number of likely N-dealkylation sites (tertiary alicyclic amines) is 1. The van der Waals surface area contributed by atoms with Gasteiger partial charge in [-0.15, -0.1) is 0 Å². The Bertz CT molecular complexity index is 286. The van der Waals surface area contributed by atoms with Gasteiger partial charge in [0, 0.05) is 37.6 Å². The maximum atomic E-state index is 5.92. The van der Waals surface area contributed by atoms with Gasteiger partial charge in [-0.05, 0) is 31.0 Å². The van der Waals surface area contributed by atoms with Crippen LogP contribution in [-0.4, -0.2) is 28.5 Å². The molecule has 2 atom stereocenters. The first kappa shape index (κ1) is 9.62. The van der Waals surface area contributed by atoms with Crippen LogP contribution in [0.4, 0.5) is 0 Å². The molecule has 76 valence electrons. The number of pyridine rings is 1. The van der Waals surface area contributed by atoms with Crippen molar-refractivity contribution in [2.45, 2.75) is 32.0 Å². The third kappa shape index (κ3) is 2.11. The van der Waals surface area contributed by atoms with Crippen molar-refractivity contribution in [1.82, 2.24) is 9.88 Å². The Balaban J connectivity index is 1.98. The Kier molecular flexibility index (Phi) is 2.79. The van der Waals surface area contributed by atoms with Gasteiger partial charge in [0.15, 0.2) is 0 Å². The van der Waals surface area contributed by atoms with E-state index in [9.17, 15) is 0 Å². The molecule has 1 saturated heterocycles. The molecule has 2 N–H and O–H groups in total. The number of aromatic nitrogens is 1. The summed E-state index contributed by atoms with van der Waals surface area (Å²) in [5.74, 6) is 0. The molecule has 3 heteroatoms. The van der Waals surface area contributed by atoms with Gasteiger partial charge in [0.05, 0.1) is 0 Å². The van der Waals surface area contributed by atoms with Gasteiger partial charge in [0.25, 0.3) is 0 Å². The zero-order chi connectivity index (χ0) is 9.97. The van der Waals surface area contributed by atoms with E-state index in [2.05, 4.69) is 28.9 Å². The van der Waals surface area contributed by atoms with Crippen molar-refractivity contribution in [3.05, 3.63) is 30.1 Å². The Hall–Kier alpha value is -0.930. The SMILES string of the molecule is CC1CC(N)CN1Cc1ccncc1. The Morgan fingerprint density at radius 3 is 2.79 bits per heavy atom. The van der Waals surface area contributed by atoms with E-state index in [1.807, 2.05) is 12.4 Å². The van der Waals surface area contributed by atoms with Crippen molar-refractivity contribution in [3.8, 4) is 0 Å². The zero-order valence-electron chi connectivity index (χ0n) is 8.56. The standard InChI is InChI=1S/C11H17N3/c1-9-6-11(12)8-14(9)7-10-2-4-13-5-3-10/h2-5,9,11H,6-8,12H2,1H3. The Labute approximate surface area is 84.9 Å². The quantitative estimate of drug-likeness (QED) is 0.758. The lowest BCUT2D eigenvalue weighted by Gasteiger charge is -2.20. The number of hydrogen-bond acceptors (Lipinski definition) is 3. The van der Waals surface area contributed by atoms with Crippen molar-refractivity contribution in [1.29, 1.82) is 0 Å². The van der Waals surface area contributed by atoms with Crippen molar-refractivity contribution in [2.75, 3.05) is 6.54 Å². The van der Waals surface area contributed by atoms with Crippen LogP contribution in [0.3, 0.4) is 0 Å². The Morgan fingerprint density at radius 1 is 1.50 bits per heavy atom. The lowest BCUT2D eigenvalue weighted by atomic mass is 10.2. The highest BCUT2D eigenvalue weighted by atomic mass is 15.2. The second-order valence-electron chi connectivity index (χ2n) is 4.13. The second kappa shape index (κ2) is 4.07. The van der Waals surface area contributed by atoms with Gasteiger partial charge >= 0.3 is 0 Å². The second-order valence-corrected chi connectivity index (χ2v) is 4.13. The van der Waals surface area contributed by atoms with E-state index in [0.29, 0.717) is 12.1 Å². The highest BCUT2D eigenvalue weighted by Crippen LogP contribution is 2.18. The molecule has 0 spiro atoms.